The van der Waals surface area contributed by atoms with Crippen molar-refractivity contribution in [1.29, 1.82) is 0 Å². The highest BCUT2D eigenvalue weighted by molar-refractivity contribution is 6.74. The molecular formula is C12H24OSi. The van der Waals surface area contributed by atoms with Crippen LogP contribution in [0.5, 0.6) is 0 Å². The average molecular weight is 212 g/mol. The van der Waals surface area contributed by atoms with Crippen LogP contribution in [0.1, 0.15) is 40.5 Å². The Hall–Kier alpha value is -0.0831. The number of rotatable bonds is 3. The molecule has 0 atom stereocenters. The van der Waals surface area contributed by atoms with Gasteiger partial charge in [-0.3, -0.25) is 0 Å². The first-order valence-corrected chi connectivity index (χ1v) is 8.47. The molecule has 0 aromatic heterocycles. The van der Waals surface area contributed by atoms with E-state index in [4.69, 9.17) is 4.43 Å². The summed E-state index contributed by atoms with van der Waals surface area (Å²) in [4.78, 5) is 0. The molecule has 0 bridgehead atoms. The lowest BCUT2D eigenvalue weighted by Gasteiger charge is -2.39. The van der Waals surface area contributed by atoms with Crippen LogP contribution in [-0.2, 0) is 4.43 Å². The van der Waals surface area contributed by atoms with Gasteiger partial charge in [-0.05, 0) is 37.9 Å². The van der Waals surface area contributed by atoms with Crippen LogP contribution in [0, 0.1) is 0 Å². The maximum Gasteiger partial charge on any atom is 0.193 e. The van der Waals surface area contributed by atoms with Gasteiger partial charge in [-0.1, -0.05) is 32.9 Å². The van der Waals surface area contributed by atoms with Gasteiger partial charge in [-0.2, -0.15) is 0 Å². The Labute approximate surface area is 89.7 Å². The van der Waals surface area contributed by atoms with Crippen molar-refractivity contribution < 1.29 is 4.43 Å². The zero-order valence-electron chi connectivity index (χ0n) is 10.5. The van der Waals surface area contributed by atoms with Crippen molar-refractivity contribution in [3.05, 3.63) is 12.2 Å². The van der Waals surface area contributed by atoms with Crippen molar-refractivity contribution in [2.24, 2.45) is 0 Å². The highest BCUT2D eigenvalue weighted by Crippen LogP contribution is 2.48. The Balaban J connectivity index is 2.68. The molecule has 0 aromatic rings. The second-order valence-electron chi connectivity index (χ2n) is 5.93. The standard InChI is InChI=1S/C12H24OSi/c1-7-8-12(9-10-12)13-14(5,6)11(2,3)4/h7-8H,9-10H2,1-6H3/b8-7-. The molecular weight excluding hydrogens is 188 g/mol. The molecule has 0 aromatic carbocycles. The zero-order chi connectivity index (χ0) is 11.0. The van der Waals surface area contributed by atoms with E-state index in [1.165, 1.54) is 12.8 Å². The molecule has 0 unspecified atom stereocenters. The summed E-state index contributed by atoms with van der Waals surface area (Å²) in [6.07, 6.45) is 6.79. The molecule has 1 rings (SSSR count). The highest BCUT2D eigenvalue weighted by atomic mass is 28.4. The van der Waals surface area contributed by atoms with Crippen LogP contribution in [0.15, 0.2) is 12.2 Å². The van der Waals surface area contributed by atoms with E-state index in [1.54, 1.807) is 0 Å². The Morgan fingerprint density at radius 3 is 2.00 bits per heavy atom. The van der Waals surface area contributed by atoms with E-state index < -0.39 is 8.32 Å². The van der Waals surface area contributed by atoms with Gasteiger partial charge in [0.15, 0.2) is 8.32 Å². The number of hydrogen-bond acceptors (Lipinski definition) is 1. The normalized spacial score (nSPS) is 21.6. The van der Waals surface area contributed by atoms with Crippen LogP contribution in [0.2, 0.25) is 18.1 Å². The van der Waals surface area contributed by atoms with E-state index in [2.05, 4.69) is 52.9 Å². The predicted octanol–water partition coefficient (Wildman–Crippen LogP) is 4.12. The van der Waals surface area contributed by atoms with Gasteiger partial charge in [0, 0.05) is 0 Å². The second-order valence-corrected chi connectivity index (χ2v) is 10.7. The quantitative estimate of drug-likeness (QED) is 0.505. The molecule has 0 saturated heterocycles. The van der Waals surface area contributed by atoms with Crippen molar-refractivity contribution in [3.8, 4) is 0 Å². The molecule has 1 aliphatic carbocycles. The Kier molecular flexibility index (Phi) is 2.99. The summed E-state index contributed by atoms with van der Waals surface area (Å²) < 4.78 is 6.39. The first-order chi connectivity index (χ1) is 6.22. The molecule has 2 heteroatoms. The van der Waals surface area contributed by atoms with Gasteiger partial charge in [0.05, 0.1) is 5.60 Å². The first kappa shape index (κ1) is 12.0. The molecule has 0 spiro atoms. The lowest BCUT2D eigenvalue weighted by atomic mass is 10.2. The Morgan fingerprint density at radius 1 is 1.21 bits per heavy atom. The monoisotopic (exact) mass is 212 g/mol. The van der Waals surface area contributed by atoms with E-state index in [0.29, 0.717) is 5.04 Å². The van der Waals surface area contributed by atoms with Gasteiger partial charge in [0.2, 0.25) is 0 Å². The van der Waals surface area contributed by atoms with E-state index in [9.17, 15) is 0 Å². The molecule has 0 N–H and O–H groups in total. The molecule has 0 aliphatic heterocycles. The topological polar surface area (TPSA) is 9.23 Å². The van der Waals surface area contributed by atoms with Crippen molar-refractivity contribution in [2.75, 3.05) is 0 Å². The smallest absolute Gasteiger partial charge is 0.193 e. The van der Waals surface area contributed by atoms with Crippen LogP contribution in [0.3, 0.4) is 0 Å². The Bertz CT molecular complexity index is 231. The third-order valence-corrected chi connectivity index (χ3v) is 8.01. The fourth-order valence-corrected chi connectivity index (χ4v) is 2.99. The molecule has 1 nitrogen and oxygen atoms in total. The van der Waals surface area contributed by atoms with Crippen LogP contribution in [0.4, 0.5) is 0 Å². The fourth-order valence-electron chi connectivity index (χ4n) is 1.39. The summed E-state index contributed by atoms with van der Waals surface area (Å²) in [6.45, 7) is 13.6. The molecule has 0 radical (unpaired) electrons. The summed E-state index contributed by atoms with van der Waals surface area (Å²) in [6, 6.07) is 0. The second kappa shape index (κ2) is 3.49. The van der Waals surface area contributed by atoms with Gasteiger partial charge in [0.1, 0.15) is 0 Å². The van der Waals surface area contributed by atoms with Gasteiger partial charge in [0.25, 0.3) is 0 Å². The zero-order valence-corrected chi connectivity index (χ0v) is 11.5. The molecule has 0 heterocycles. The van der Waals surface area contributed by atoms with Gasteiger partial charge < -0.3 is 4.43 Å². The van der Waals surface area contributed by atoms with E-state index in [1.807, 2.05) is 0 Å². The van der Waals surface area contributed by atoms with Gasteiger partial charge in [-0.25, -0.2) is 0 Å². The van der Waals surface area contributed by atoms with E-state index in [-0.39, 0.29) is 5.60 Å². The summed E-state index contributed by atoms with van der Waals surface area (Å²) in [5, 5.41) is 0.324. The summed E-state index contributed by atoms with van der Waals surface area (Å²) in [5.41, 5.74) is 0.123. The van der Waals surface area contributed by atoms with Crippen molar-refractivity contribution in [2.45, 2.75) is 64.3 Å². The minimum atomic E-state index is -1.57. The van der Waals surface area contributed by atoms with Crippen LogP contribution >= 0.6 is 0 Å². The summed E-state index contributed by atoms with van der Waals surface area (Å²) in [7, 11) is -1.57. The minimum absolute atomic E-state index is 0.123. The van der Waals surface area contributed by atoms with Gasteiger partial charge in [-0.15, -0.1) is 0 Å². The predicted molar refractivity (Wildman–Crippen MR) is 65.1 cm³/mol. The largest absolute Gasteiger partial charge is 0.408 e. The number of allylic oxidation sites excluding steroid dienone is 1. The van der Waals surface area contributed by atoms with Crippen molar-refractivity contribution in [1.82, 2.24) is 0 Å². The SMILES string of the molecule is C/C=C\C1(O[Si](C)(C)C(C)(C)C)CC1. The van der Waals surface area contributed by atoms with Crippen LogP contribution in [-0.4, -0.2) is 13.9 Å². The molecule has 82 valence electrons. The average Bonchev–Trinajstić information content (AvgIpc) is 2.65. The first-order valence-electron chi connectivity index (χ1n) is 5.56. The molecule has 1 fully saturated rings. The maximum absolute atomic E-state index is 6.39. The van der Waals surface area contributed by atoms with Crippen LogP contribution < -0.4 is 0 Å². The van der Waals surface area contributed by atoms with Gasteiger partial charge >= 0.3 is 0 Å². The molecule has 1 saturated carbocycles. The lowest BCUT2D eigenvalue weighted by molar-refractivity contribution is 0.205. The summed E-state index contributed by atoms with van der Waals surface area (Å²) in [5.74, 6) is 0. The van der Waals surface area contributed by atoms with Crippen molar-refractivity contribution >= 4 is 8.32 Å². The third-order valence-electron chi connectivity index (χ3n) is 3.48. The molecule has 0 amide bonds. The van der Waals surface area contributed by atoms with E-state index >= 15 is 0 Å². The summed E-state index contributed by atoms with van der Waals surface area (Å²) >= 11 is 0. The van der Waals surface area contributed by atoms with Crippen LogP contribution in [0.25, 0.3) is 0 Å². The number of hydrogen-bond donors (Lipinski definition) is 0. The highest BCUT2D eigenvalue weighted by Gasteiger charge is 2.49. The fraction of sp³-hybridized carbons (Fsp3) is 0.833. The minimum Gasteiger partial charge on any atom is -0.408 e. The maximum atomic E-state index is 6.39. The lowest BCUT2D eigenvalue weighted by Crippen LogP contribution is -2.44. The molecule has 1 aliphatic rings. The molecule has 14 heavy (non-hydrogen) atoms. The Morgan fingerprint density at radius 2 is 1.71 bits per heavy atom. The third kappa shape index (κ3) is 2.48. The van der Waals surface area contributed by atoms with E-state index in [0.717, 1.165) is 0 Å². The van der Waals surface area contributed by atoms with Crippen molar-refractivity contribution in [3.63, 3.8) is 0 Å².